The van der Waals surface area contributed by atoms with Gasteiger partial charge in [0.1, 0.15) is 0 Å². The van der Waals surface area contributed by atoms with Crippen molar-refractivity contribution in [2.24, 2.45) is 4.99 Å². The van der Waals surface area contributed by atoms with Crippen LogP contribution in [0.15, 0.2) is 29.3 Å². The predicted molar refractivity (Wildman–Crippen MR) is 89.7 cm³/mol. The Morgan fingerprint density at radius 1 is 1.24 bits per heavy atom. The molecule has 1 atom stereocenters. The van der Waals surface area contributed by atoms with Gasteiger partial charge in [0.25, 0.3) is 0 Å². The first-order chi connectivity index (χ1) is 10.1. The minimum Gasteiger partial charge on any atom is -0.355 e. The molecule has 0 aliphatic carbocycles. The van der Waals surface area contributed by atoms with Crippen molar-refractivity contribution >= 4 is 5.96 Å². The average Bonchev–Trinajstić information content (AvgIpc) is 2.50. The number of hydrogen-bond acceptors (Lipinski definition) is 2. The summed E-state index contributed by atoms with van der Waals surface area (Å²) in [4.78, 5) is 6.80. The van der Waals surface area contributed by atoms with E-state index in [0.717, 1.165) is 32.0 Å². The lowest BCUT2D eigenvalue weighted by molar-refractivity contribution is 0.191. The molecule has 0 aromatic heterocycles. The SMILES string of the molecule is CN=C(NCC(C)N1CCc2ccccc2C1)NC(C)C. The fourth-order valence-electron chi connectivity index (χ4n) is 2.74. The molecule has 0 radical (unpaired) electrons. The van der Waals surface area contributed by atoms with Crippen molar-refractivity contribution in [3.63, 3.8) is 0 Å². The Bertz CT molecular complexity index is 481. The van der Waals surface area contributed by atoms with Crippen LogP contribution in [0.4, 0.5) is 0 Å². The summed E-state index contributed by atoms with van der Waals surface area (Å²) in [5.41, 5.74) is 2.98. The van der Waals surface area contributed by atoms with E-state index in [9.17, 15) is 0 Å². The summed E-state index contributed by atoms with van der Waals surface area (Å²) in [5.74, 6) is 0.884. The highest BCUT2D eigenvalue weighted by molar-refractivity contribution is 5.79. The topological polar surface area (TPSA) is 39.7 Å². The second-order valence-electron chi connectivity index (χ2n) is 6.09. The molecule has 0 bridgehead atoms. The van der Waals surface area contributed by atoms with E-state index in [1.165, 1.54) is 11.1 Å². The minimum atomic E-state index is 0.397. The molecule has 116 valence electrons. The molecule has 4 nitrogen and oxygen atoms in total. The molecule has 2 rings (SSSR count). The molecule has 0 saturated heterocycles. The van der Waals surface area contributed by atoms with Crippen LogP contribution in [0, 0.1) is 0 Å². The summed E-state index contributed by atoms with van der Waals surface area (Å²) in [5, 5.41) is 6.74. The smallest absolute Gasteiger partial charge is 0.191 e. The Hall–Kier alpha value is -1.55. The first-order valence-corrected chi connectivity index (χ1v) is 7.88. The fraction of sp³-hybridized carbons (Fsp3) is 0.588. The van der Waals surface area contributed by atoms with E-state index in [0.29, 0.717) is 12.1 Å². The summed E-state index contributed by atoms with van der Waals surface area (Å²) in [6.45, 7) is 9.62. The van der Waals surface area contributed by atoms with Gasteiger partial charge in [-0.25, -0.2) is 0 Å². The molecule has 21 heavy (non-hydrogen) atoms. The third kappa shape index (κ3) is 4.46. The Morgan fingerprint density at radius 3 is 2.62 bits per heavy atom. The normalized spacial score (nSPS) is 17.5. The van der Waals surface area contributed by atoms with Crippen LogP contribution in [0.5, 0.6) is 0 Å². The van der Waals surface area contributed by atoms with Crippen LogP contribution in [0.2, 0.25) is 0 Å². The van der Waals surface area contributed by atoms with Gasteiger partial charge in [-0.3, -0.25) is 9.89 Å². The summed E-state index contributed by atoms with van der Waals surface area (Å²) >= 11 is 0. The van der Waals surface area contributed by atoms with Crippen molar-refractivity contribution in [3.8, 4) is 0 Å². The number of hydrogen-bond donors (Lipinski definition) is 2. The lowest BCUT2D eigenvalue weighted by Crippen LogP contribution is -2.48. The van der Waals surface area contributed by atoms with Crippen LogP contribution in [0.25, 0.3) is 0 Å². The van der Waals surface area contributed by atoms with Gasteiger partial charge >= 0.3 is 0 Å². The Morgan fingerprint density at radius 2 is 1.95 bits per heavy atom. The first-order valence-electron chi connectivity index (χ1n) is 7.88. The Balaban J connectivity index is 1.86. The molecule has 0 fully saturated rings. The zero-order valence-electron chi connectivity index (χ0n) is 13.7. The molecular formula is C17H28N4. The zero-order valence-corrected chi connectivity index (χ0v) is 13.7. The van der Waals surface area contributed by atoms with Gasteiger partial charge in [-0.1, -0.05) is 24.3 Å². The fourth-order valence-corrected chi connectivity index (χ4v) is 2.74. The molecule has 1 unspecified atom stereocenters. The second-order valence-corrected chi connectivity index (χ2v) is 6.09. The number of aliphatic imine (C=N–C) groups is 1. The molecule has 1 heterocycles. The number of fused-ring (bicyclic) bond motifs is 1. The van der Waals surface area contributed by atoms with Gasteiger partial charge in [-0.15, -0.1) is 0 Å². The molecule has 0 spiro atoms. The highest BCUT2D eigenvalue weighted by Crippen LogP contribution is 2.19. The van der Waals surface area contributed by atoms with Gasteiger partial charge in [0.15, 0.2) is 5.96 Å². The number of nitrogens with one attached hydrogen (secondary N) is 2. The van der Waals surface area contributed by atoms with Gasteiger partial charge in [0.2, 0.25) is 0 Å². The monoisotopic (exact) mass is 288 g/mol. The Kier molecular flexibility index (Phi) is 5.62. The van der Waals surface area contributed by atoms with E-state index >= 15 is 0 Å². The van der Waals surface area contributed by atoms with Crippen molar-refractivity contribution < 1.29 is 0 Å². The maximum Gasteiger partial charge on any atom is 0.191 e. The van der Waals surface area contributed by atoms with Gasteiger partial charge in [-0.05, 0) is 38.3 Å². The summed E-state index contributed by atoms with van der Waals surface area (Å²) < 4.78 is 0. The summed E-state index contributed by atoms with van der Waals surface area (Å²) in [7, 11) is 1.82. The van der Waals surface area contributed by atoms with Crippen molar-refractivity contribution in [2.75, 3.05) is 20.1 Å². The van der Waals surface area contributed by atoms with Crippen molar-refractivity contribution in [3.05, 3.63) is 35.4 Å². The molecule has 4 heteroatoms. The first kappa shape index (κ1) is 15.8. The van der Waals surface area contributed by atoms with Crippen LogP contribution in [0.1, 0.15) is 31.9 Å². The van der Waals surface area contributed by atoms with Crippen LogP contribution in [-0.4, -0.2) is 43.1 Å². The van der Waals surface area contributed by atoms with E-state index in [1.807, 2.05) is 7.05 Å². The quantitative estimate of drug-likeness (QED) is 0.657. The molecular weight excluding hydrogens is 260 g/mol. The van der Waals surface area contributed by atoms with Crippen molar-refractivity contribution in [1.29, 1.82) is 0 Å². The highest BCUT2D eigenvalue weighted by Gasteiger charge is 2.20. The Labute approximate surface area is 128 Å². The van der Waals surface area contributed by atoms with E-state index in [2.05, 4.69) is 65.6 Å². The lowest BCUT2D eigenvalue weighted by Gasteiger charge is -2.34. The van der Waals surface area contributed by atoms with Crippen molar-refractivity contribution in [1.82, 2.24) is 15.5 Å². The lowest BCUT2D eigenvalue weighted by atomic mass is 9.99. The van der Waals surface area contributed by atoms with Crippen LogP contribution in [0.3, 0.4) is 0 Å². The molecule has 1 aromatic carbocycles. The highest BCUT2D eigenvalue weighted by atomic mass is 15.2. The third-order valence-electron chi connectivity index (χ3n) is 4.00. The van der Waals surface area contributed by atoms with E-state index in [1.54, 1.807) is 0 Å². The maximum atomic E-state index is 4.26. The van der Waals surface area contributed by atoms with Crippen LogP contribution >= 0.6 is 0 Å². The zero-order chi connectivity index (χ0) is 15.2. The predicted octanol–water partition coefficient (Wildman–Crippen LogP) is 2.01. The van der Waals surface area contributed by atoms with Gasteiger partial charge < -0.3 is 10.6 Å². The average molecular weight is 288 g/mol. The minimum absolute atomic E-state index is 0.397. The summed E-state index contributed by atoms with van der Waals surface area (Å²) in [6, 6.07) is 9.67. The van der Waals surface area contributed by atoms with Gasteiger partial charge in [0.05, 0.1) is 0 Å². The number of nitrogens with zero attached hydrogens (tertiary/aromatic N) is 2. The molecule has 2 N–H and O–H groups in total. The number of guanidine groups is 1. The summed E-state index contributed by atoms with van der Waals surface area (Å²) in [6.07, 6.45) is 1.15. The second kappa shape index (κ2) is 7.46. The molecule has 1 aliphatic rings. The van der Waals surface area contributed by atoms with Crippen LogP contribution in [-0.2, 0) is 13.0 Å². The molecule has 1 aliphatic heterocycles. The number of benzene rings is 1. The van der Waals surface area contributed by atoms with Gasteiger partial charge in [0, 0.05) is 38.8 Å². The van der Waals surface area contributed by atoms with Crippen molar-refractivity contribution in [2.45, 2.75) is 45.8 Å². The molecule has 0 saturated carbocycles. The molecule has 1 aromatic rings. The van der Waals surface area contributed by atoms with E-state index in [4.69, 9.17) is 0 Å². The van der Waals surface area contributed by atoms with Crippen LogP contribution < -0.4 is 10.6 Å². The largest absolute Gasteiger partial charge is 0.355 e. The standard InChI is InChI=1S/C17H28N4/c1-13(2)20-17(18-4)19-11-14(3)21-10-9-15-7-5-6-8-16(15)12-21/h5-8,13-14H,9-12H2,1-4H3,(H2,18,19,20). The third-order valence-corrected chi connectivity index (χ3v) is 4.00. The van der Waals surface area contributed by atoms with E-state index < -0.39 is 0 Å². The number of rotatable bonds is 4. The van der Waals surface area contributed by atoms with Gasteiger partial charge in [-0.2, -0.15) is 0 Å². The maximum absolute atomic E-state index is 4.26. The molecule has 0 amide bonds. The van der Waals surface area contributed by atoms with E-state index in [-0.39, 0.29) is 0 Å².